The molecule has 0 spiro atoms. The van der Waals surface area contributed by atoms with Gasteiger partial charge in [0.05, 0.1) is 11.1 Å². The fraction of sp³-hybridized carbons (Fsp3) is 0.385. The fourth-order valence-electron chi connectivity index (χ4n) is 1.98. The maximum Gasteiger partial charge on any atom is 0.153 e. The molecule has 17 heavy (non-hydrogen) atoms. The Morgan fingerprint density at radius 1 is 1.41 bits per heavy atom. The number of hydrogen-bond acceptors (Lipinski definition) is 2. The summed E-state index contributed by atoms with van der Waals surface area (Å²) in [4.78, 5) is 0. The second kappa shape index (κ2) is 5.07. The second-order valence-corrected chi connectivity index (χ2v) is 4.49. The van der Waals surface area contributed by atoms with Gasteiger partial charge in [-0.3, -0.25) is 0 Å². The molecule has 1 aromatic carbocycles. The SMILES string of the molecule is CCCC(NC)c1cc2cc(F)cc(Cl)c2o1. The van der Waals surface area contributed by atoms with Crippen molar-refractivity contribution in [2.24, 2.45) is 0 Å². The zero-order valence-corrected chi connectivity index (χ0v) is 10.6. The summed E-state index contributed by atoms with van der Waals surface area (Å²) in [6, 6.07) is 4.70. The molecular formula is C13H15ClFNO. The highest BCUT2D eigenvalue weighted by molar-refractivity contribution is 6.34. The van der Waals surface area contributed by atoms with E-state index >= 15 is 0 Å². The molecule has 1 N–H and O–H groups in total. The first kappa shape index (κ1) is 12.4. The zero-order chi connectivity index (χ0) is 12.4. The molecule has 0 aliphatic rings. The van der Waals surface area contributed by atoms with E-state index in [1.807, 2.05) is 13.1 Å². The number of benzene rings is 1. The standard InChI is InChI=1S/C13H15ClFNO/c1-3-4-11(16-2)12-6-8-5-9(15)7-10(14)13(8)17-12/h5-7,11,16H,3-4H2,1-2H3. The fourth-order valence-corrected chi connectivity index (χ4v) is 2.24. The van der Waals surface area contributed by atoms with Crippen LogP contribution >= 0.6 is 11.6 Å². The van der Waals surface area contributed by atoms with Gasteiger partial charge in [0.25, 0.3) is 0 Å². The molecule has 1 heterocycles. The van der Waals surface area contributed by atoms with Gasteiger partial charge in [-0.05, 0) is 31.7 Å². The summed E-state index contributed by atoms with van der Waals surface area (Å²) in [7, 11) is 1.88. The van der Waals surface area contributed by atoms with Gasteiger partial charge < -0.3 is 9.73 Å². The molecule has 4 heteroatoms. The molecule has 2 aromatic rings. The van der Waals surface area contributed by atoms with Crippen LogP contribution in [-0.4, -0.2) is 7.05 Å². The summed E-state index contributed by atoms with van der Waals surface area (Å²) in [5, 5.41) is 4.21. The molecule has 2 rings (SSSR count). The first-order valence-corrected chi connectivity index (χ1v) is 6.09. The lowest BCUT2D eigenvalue weighted by atomic mass is 10.1. The third kappa shape index (κ3) is 2.45. The molecule has 1 atom stereocenters. The van der Waals surface area contributed by atoms with Crippen molar-refractivity contribution in [3.05, 3.63) is 34.8 Å². The van der Waals surface area contributed by atoms with Crippen molar-refractivity contribution in [1.29, 1.82) is 0 Å². The van der Waals surface area contributed by atoms with Crippen LogP contribution in [0.2, 0.25) is 5.02 Å². The van der Waals surface area contributed by atoms with Crippen LogP contribution in [0.15, 0.2) is 22.6 Å². The topological polar surface area (TPSA) is 25.2 Å². The number of hydrogen-bond donors (Lipinski definition) is 1. The minimum absolute atomic E-state index is 0.145. The van der Waals surface area contributed by atoms with Crippen LogP contribution in [0.25, 0.3) is 11.0 Å². The van der Waals surface area contributed by atoms with Crippen LogP contribution < -0.4 is 5.32 Å². The Hall–Kier alpha value is -1.06. The molecule has 1 aromatic heterocycles. The Bertz CT molecular complexity index is 523. The first-order valence-electron chi connectivity index (χ1n) is 5.71. The van der Waals surface area contributed by atoms with Crippen molar-refractivity contribution in [2.45, 2.75) is 25.8 Å². The number of fused-ring (bicyclic) bond motifs is 1. The van der Waals surface area contributed by atoms with Crippen LogP contribution in [0.1, 0.15) is 31.6 Å². The maximum absolute atomic E-state index is 13.2. The molecule has 2 nitrogen and oxygen atoms in total. The molecule has 0 fully saturated rings. The van der Waals surface area contributed by atoms with Crippen molar-refractivity contribution in [3.8, 4) is 0 Å². The first-order chi connectivity index (χ1) is 8.15. The van der Waals surface area contributed by atoms with Gasteiger partial charge in [0.2, 0.25) is 0 Å². The van der Waals surface area contributed by atoms with Gasteiger partial charge in [0.15, 0.2) is 5.58 Å². The summed E-state index contributed by atoms with van der Waals surface area (Å²) in [6.07, 6.45) is 2.01. The second-order valence-electron chi connectivity index (χ2n) is 4.08. The average molecular weight is 256 g/mol. The highest BCUT2D eigenvalue weighted by atomic mass is 35.5. The highest BCUT2D eigenvalue weighted by Crippen LogP contribution is 2.31. The van der Waals surface area contributed by atoms with Crippen LogP contribution in [-0.2, 0) is 0 Å². The number of rotatable bonds is 4. The van der Waals surface area contributed by atoms with Crippen molar-refractivity contribution in [2.75, 3.05) is 7.05 Å². The van der Waals surface area contributed by atoms with Gasteiger partial charge in [0.1, 0.15) is 11.6 Å². The highest BCUT2D eigenvalue weighted by Gasteiger charge is 2.15. The Balaban J connectivity index is 2.46. The summed E-state index contributed by atoms with van der Waals surface area (Å²) in [5.74, 6) is 0.461. The lowest BCUT2D eigenvalue weighted by molar-refractivity contribution is 0.430. The Morgan fingerprint density at radius 2 is 2.18 bits per heavy atom. The van der Waals surface area contributed by atoms with Gasteiger partial charge in [-0.1, -0.05) is 24.9 Å². The largest absolute Gasteiger partial charge is 0.458 e. The van der Waals surface area contributed by atoms with E-state index in [2.05, 4.69) is 12.2 Å². The molecule has 0 aliphatic carbocycles. The molecule has 0 bridgehead atoms. The minimum atomic E-state index is -0.341. The van der Waals surface area contributed by atoms with Crippen molar-refractivity contribution in [3.63, 3.8) is 0 Å². The van der Waals surface area contributed by atoms with E-state index in [9.17, 15) is 4.39 Å². The van der Waals surface area contributed by atoms with Crippen molar-refractivity contribution >= 4 is 22.6 Å². The van der Waals surface area contributed by atoms with Gasteiger partial charge in [-0.25, -0.2) is 4.39 Å². The quantitative estimate of drug-likeness (QED) is 0.882. The van der Waals surface area contributed by atoms with Crippen LogP contribution in [0.4, 0.5) is 4.39 Å². The third-order valence-electron chi connectivity index (χ3n) is 2.82. The van der Waals surface area contributed by atoms with Crippen LogP contribution in [0.5, 0.6) is 0 Å². The van der Waals surface area contributed by atoms with E-state index in [1.54, 1.807) is 0 Å². The Labute approximate surface area is 105 Å². The zero-order valence-electron chi connectivity index (χ0n) is 9.89. The summed E-state index contributed by atoms with van der Waals surface area (Å²) < 4.78 is 18.9. The van der Waals surface area contributed by atoms with Gasteiger partial charge in [-0.15, -0.1) is 0 Å². The van der Waals surface area contributed by atoms with E-state index in [1.165, 1.54) is 12.1 Å². The maximum atomic E-state index is 13.2. The van der Waals surface area contributed by atoms with E-state index in [0.29, 0.717) is 16.0 Å². The lowest BCUT2D eigenvalue weighted by Crippen LogP contribution is -2.15. The number of furan rings is 1. The van der Waals surface area contributed by atoms with Crippen LogP contribution in [0.3, 0.4) is 0 Å². The van der Waals surface area contributed by atoms with Gasteiger partial charge in [-0.2, -0.15) is 0 Å². The average Bonchev–Trinajstić information content (AvgIpc) is 2.69. The van der Waals surface area contributed by atoms with Crippen molar-refractivity contribution in [1.82, 2.24) is 5.32 Å². The lowest BCUT2D eigenvalue weighted by Gasteiger charge is -2.11. The molecule has 0 amide bonds. The molecule has 92 valence electrons. The number of nitrogens with one attached hydrogen (secondary N) is 1. The molecule has 0 saturated carbocycles. The summed E-state index contributed by atoms with van der Waals surface area (Å²) in [6.45, 7) is 2.11. The normalized spacial score (nSPS) is 13.2. The van der Waals surface area contributed by atoms with E-state index in [4.69, 9.17) is 16.0 Å². The predicted octanol–water partition coefficient (Wildman–Crippen LogP) is 4.29. The molecule has 0 radical (unpaired) electrons. The van der Waals surface area contributed by atoms with Gasteiger partial charge >= 0.3 is 0 Å². The summed E-state index contributed by atoms with van der Waals surface area (Å²) >= 11 is 5.95. The Kier molecular flexibility index (Phi) is 3.69. The molecule has 0 saturated heterocycles. The monoisotopic (exact) mass is 255 g/mol. The molecule has 1 unspecified atom stereocenters. The smallest absolute Gasteiger partial charge is 0.153 e. The Morgan fingerprint density at radius 3 is 2.82 bits per heavy atom. The molecule has 0 aliphatic heterocycles. The third-order valence-corrected chi connectivity index (χ3v) is 3.10. The van der Waals surface area contributed by atoms with Gasteiger partial charge in [0, 0.05) is 5.39 Å². The van der Waals surface area contributed by atoms with E-state index in [-0.39, 0.29) is 11.9 Å². The predicted molar refractivity (Wildman–Crippen MR) is 67.9 cm³/mol. The van der Waals surface area contributed by atoms with E-state index in [0.717, 1.165) is 18.6 Å². The minimum Gasteiger partial charge on any atom is -0.458 e. The van der Waals surface area contributed by atoms with E-state index < -0.39 is 0 Å². The van der Waals surface area contributed by atoms with Crippen molar-refractivity contribution < 1.29 is 8.81 Å². The molecular weight excluding hydrogens is 241 g/mol. The van der Waals surface area contributed by atoms with Crippen LogP contribution in [0, 0.1) is 5.82 Å². The number of halogens is 2. The summed E-state index contributed by atoms with van der Waals surface area (Å²) in [5.41, 5.74) is 0.555.